The lowest BCUT2D eigenvalue weighted by Gasteiger charge is -2.42. The molecular weight excluding hydrogens is 303 g/mol. The van der Waals surface area contributed by atoms with E-state index in [-0.39, 0.29) is 18.6 Å². The molecule has 9 heteroatoms. The van der Waals surface area contributed by atoms with E-state index < -0.39 is 30.6 Å². The van der Waals surface area contributed by atoms with Crippen LogP contribution < -0.4 is 10.6 Å². The number of alkyl halides is 3. The van der Waals surface area contributed by atoms with E-state index in [4.69, 9.17) is 5.11 Å². The number of carboxylic acids is 1. The van der Waals surface area contributed by atoms with Gasteiger partial charge in [-0.2, -0.15) is 13.2 Å². The summed E-state index contributed by atoms with van der Waals surface area (Å²) in [5.74, 6) is -2.50. The Bertz CT molecular complexity index is 398. The first-order valence-corrected chi connectivity index (χ1v) is 7.20. The molecule has 1 unspecified atom stereocenters. The zero-order valence-corrected chi connectivity index (χ0v) is 12.6. The maximum absolute atomic E-state index is 12.3. The number of urea groups is 1. The van der Waals surface area contributed by atoms with E-state index in [0.717, 1.165) is 6.92 Å². The fourth-order valence-corrected chi connectivity index (χ4v) is 2.27. The third-order valence-electron chi connectivity index (χ3n) is 3.84. The zero-order chi connectivity index (χ0) is 16.9. The monoisotopic (exact) mass is 325 g/mol. The molecule has 1 atom stereocenters. The molecule has 0 aliphatic heterocycles. The van der Waals surface area contributed by atoms with Crippen LogP contribution in [0.5, 0.6) is 0 Å². The number of rotatable bonds is 7. The minimum Gasteiger partial charge on any atom is -0.480 e. The molecule has 128 valence electrons. The Morgan fingerprint density at radius 1 is 1.36 bits per heavy atom. The average Bonchev–Trinajstić information content (AvgIpc) is 2.35. The van der Waals surface area contributed by atoms with Gasteiger partial charge in [0.2, 0.25) is 0 Å². The number of nitrogens with one attached hydrogen (secondary N) is 2. The fourth-order valence-electron chi connectivity index (χ4n) is 2.27. The Morgan fingerprint density at radius 2 is 1.95 bits per heavy atom. The van der Waals surface area contributed by atoms with Gasteiger partial charge in [0.25, 0.3) is 0 Å². The number of carbonyl (C=O) groups excluding carboxylic acids is 1. The molecule has 1 rings (SSSR count). The standard InChI is InChI=1S/C13H22F3N3O3/c1-3-19(7-11(20)21)10-4-9(5-10)18-12(22)17-6-8(2)13(14,15)16/h8-10H,3-7H2,1-2H3,(H,20,21)(H2,17,18,22). The molecule has 1 fully saturated rings. The van der Waals surface area contributed by atoms with Gasteiger partial charge in [0.05, 0.1) is 12.5 Å². The van der Waals surface area contributed by atoms with Crippen LogP contribution in [0.25, 0.3) is 0 Å². The van der Waals surface area contributed by atoms with E-state index in [9.17, 15) is 22.8 Å². The van der Waals surface area contributed by atoms with Crippen LogP contribution in [-0.4, -0.2) is 59.9 Å². The van der Waals surface area contributed by atoms with Crippen LogP contribution in [0.3, 0.4) is 0 Å². The van der Waals surface area contributed by atoms with Crippen LogP contribution in [0.1, 0.15) is 26.7 Å². The molecule has 1 aliphatic carbocycles. The second-order valence-corrected chi connectivity index (χ2v) is 5.58. The molecule has 2 amide bonds. The minimum absolute atomic E-state index is 0.0524. The van der Waals surface area contributed by atoms with Gasteiger partial charge in [-0.15, -0.1) is 0 Å². The first-order chi connectivity index (χ1) is 10.1. The van der Waals surface area contributed by atoms with E-state index in [1.165, 1.54) is 0 Å². The molecule has 0 aromatic heterocycles. The topological polar surface area (TPSA) is 81.7 Å². The zero-order valence-electron chi connectivity index (χ0n) is 12.6. The number of carboxylic acid groups (broad SMARTS) is 1. The van der Waals surface area contributed by atoms with Gasteiger partial charge in [-0.05, 0) is 19.4 Å². The third-order valence-corrected chi connectivity index (χ3v) is 3.84. The van der Waals surface area contributed by atoms with Crippen LogP contribution >= 0.6 is 0 Å². The second kappa shape index (κ2) is 7.66. The number of hydrogen-bond acceptors (Lipinski definition) is 3. The molecule has 6 nitrogen and oxygen atoms in total. The normalized spacial score (nSPS) is 22.8. The number of aliphatic carboxylic acids is 1. The molecule has 1 saturated carbocycles. The molecule has 3 N–H and O–H groups in total. The van der Waals surface area contributed by atoms with Gasteiger partial charge in [-0.1, -0.05) is 13.8 Å². The number of likely N-dealkylation sites (N-methyl/N-ethyl adjacent to an activating group) is 1. The van der Waals surface area contributed by atoms with E-state index >= 15 is 0 Å². The smallest absolute Gasteiger partial charge is 0.393 e. The van der Waals surface area contributed by atoms with Crippen LogP contribution in [0, 0.1) is 5.92 Å². The number of hydrogen-bond donors (Lipinski definition) is 3. The minimum atomic E-state index is -4.33. The van der Waals surface area contributed by atoms with Gasteiger partial charge in [-0.3, -0.25) is 9.69 Å². The summed E-state index contributed by atoms with van der Waals surface area (Å²) < 4.78 is 36.9. The molecule has 0 radical (unpaired) electrons. The Balaban J connectivity index is 2.25. The Kier molecular flexibility index (Phi) is 6.46. The van der Waals surface area contributed by atoms with Crippen LogP contribution in [0.15, 0.2) is 0 Å². The summed E-state index contributed by atoms with van der Waals surface area (Å²) >= 11 is 0. The molecule has 0 heterocycles. The SMILES string of the molecule is CCN(CC(=O)O)C1CC(NC(=O)NCC(C)C(F)(F)F)C1. The largest absolute Gasteiger partial charge is 0.480 e. The van der Waals surface area contributed by atoms with Crippen molar-refractivity contribution < 1.29 is 27.9 Å². The predicted molar refractivity (Wildman–Crippen MR) is 73.4 cm³/mol. The van der Waals surface area contributed by atoms with Gasteiger partial charge >= 0.3 is 18.2 Å². The van der Waals surface area contributed by atoms with E-state index in [1.807, 2.05) is 6.92 Å². The lowest BCUT2D eigenvalue weighted by molar-refractivity contribution is -0.167. The summed E-state index contributed by atoms with van der Waals surface area (Å²) in [6, 6.07) is -0.671. The molecule has 0 aromatic carbocycles. The quantitative estimate of drug-likeness (QED) is 0.661. The van der Waals surface area contributed by atoms with Crippen molar-refractivity contribution in [3.8, 4) is 0 Å². The molecule has 22 heavy (non-hydrogen) atoms. The summed E-state index contributed by atoms with van der Waals surface area (Å²) in [5, 5.41) is 13.6. The van der Waals surface area contributed by atoms with Crippen molar-refractivity contribution >= 4 is 12.0 Å². The van der Waals surface area contributed by atoms with Crippen molar-refractivity contribution in [1.29, 1.82) is 0 Å². The van der Waals surface area contributed by atoms with Crippen LogP contribution in [-0.2, 0) is 4.79 Å². The van der Waals surface area contributed by atoms with Gasteiger partial charge in [0.15, 0.2) is 0 Å². The number of carbonyl (C=O) groups is 2. The molecule has 0 spiro atoms. The van der Waals surface area contributed by atoms with E-state index in [1.54, 1.807) is 4.90 Å². The Hall–Kier alpha value is -1.51. The molecule has 0 bridgehead atoms. The summed E-state index contributed by atoms with van der Waals surface area (Å²) in [6.07, 6.45) is -3.12. The van der Waals surface area contributed by atoms with Gasteiger partial charge in [0, 0.05) is 18.6 Å². The highest BCUT2D eigenvalue weighted by Crippen LogP contribution is 2.26. The van der Waals surface area contributed by atoms with Gasteiger partial charge in [0.1, 0.15) is 0 Å². The van der Waals surface area contributed by atoms with Crippen molar-refractivity contribution in [2.24, 2.45) is 5.92 Å². The van der Waals surface area contributed by atoms with Crippen molar-refractivity contribution in [3.63, 3.8) is 0 Å². The summed E-state index contributed by atoms with van der Waals surface area (Å²) in [4.78, 5) is 24.0. The number of halogens is 3. The van der Waals surface area contributed by atoms with Crippen LogP contribution in [0.2, 0.25) is 0 Å². The fraction of sp³-hybridized carbons (Fsp3) is 0.846. The predicted octanol–water partition coefficient (Wildman–Crippen LogP) is 1.42. The first-order valence-electron chi connectivity index (χ1n) is 7.20. The molecular formula is C13H22F3N3O3. The van der Waals surface area contributed by atoms with Gasteiger partial charge < -0.3 is 15.7 Å². The average molecular weight is 325 g/mol. The Labute approximate surface area is 127 Å². The summed E-state index contributed by atoms with van der Waals surface area (Å²) in [5.41, 5.74) is 0. The van der Waals surface area contributed by atoms with E-state index in [0.29, 0.717) is 19.4 Å². The number of amides is 2. The highest BCUT2D eigenvalue weighted by atomic mass is 19.4. The maximum Gasteiger partial charge on any atom is 0.393 e. The van der Waals surface area contributed by atoms with Crippen molar-refractivity contribution in [2.75, 3.05) is 19.6 Å². The molecule has 0 aromatic rings. The highest BCUT2D eigenvalue weighted by molar-refractivity contribution is 5.74. The van der Waals surface area contributed by atoms with E-state index in [2.05, 4.69) is 10.6 Å². The summed E-state index contributed by atoms with van der Waals surface area (Å²) in [7, 11) is 0. The third kappa shape index (κ3) is 5.70. The lowest BCUT2D eigenvalue weighted by Crippen LogP contribution is -2.56. The lowest BCUT2D eigenvalue weighted by atomic mass is 9.85. The van der Waals surface area contributed by atoms with Crippen molar-refractivity contribution in [3.05, 3.63) is 0 Å². The summed E-state index contributed by atoms with van der Waals surface area (Å²) in [6.45, 7) is 2.94. The van der Waals surface area contributed by atoms with Crippen molar-refractivity contribution in [1.82, 2.24) is 15.5 Å². The Morgan fingerprint density at radius 3 is 2.41 bits per heavy atom. The second-order valence-electron chi connectivity index (χ2n) is 5.58. The highest BCUT2D eigenvalue weighted by Gasteiger charge is 2.37. The molecule has 0 saturated heterocycles. The van der Waals surface area contributed by atoms with Crippen LogP contribution in [0.4, 0.5) is 18.0 Å². The maximum atomic E-state index is 12.3. The van der Waals surface area contributed by atoms with Gasteiger partial charge in [-0.25, -0.2) is 4.79 Å². The molecule has 1 aliphatic rings. The van der Waals surface area contributed by atoms with Crippen molar-refractivity contribution in [2.45, 2.75) is 44.9 Å². The number of nitrogens with zero attached hydrogens (tertiary/aromatic N) is 1. The first kappa shape index (κ1) is 18.5.